The van der Waals surface area contributed by atoms with Crippen LogP contribution in [-0.4, -0.2) is 62.3 Å². The Hall–Kier alpha value is -4.55. The second-order valence-corrected chi connectivity index (χ2v) is 8.88. The van der Waals surface area contributed by atoms with Crippen LogP contribution in [0.2, 0.25) is 5.28 Å². The van der Waals surface area contributed by atoms with Crippen molar-refractivity contribution < 1.29 is 33.3 Å². The number of hydrogen-bond donors (Lipinski definition) is 1. The Balaban J connectivity index is 1.50. The molecule has 0 aliphatic carbocycles. The molecule has 12 nitrogen and oxygen atoms in total. The molecular weight excluding hydrogens is 530 g/mol. The molecular formula is C26H22ClN5O7. The molecule has 2 N–H and O–H groups in total. The van der Waals surface area contributed by atoms with Crippen molar-refractivity contribution in [2.24, 2.45) is 0 Å². The van der Waals surface area contributed by atoms with Gasteiger partial charge in [-0.2, -0.15) is 9.97 Å². The van der Waals surface area contributed by atoms with E-state index < -0.39 is 42.4 Å². The minimum atomic E-state index is -1.18. The first-order valence-corrected chi connectivity index (χ1v) is 12.2. The van der Waals surface area contributed by atoms with E-state index in [0.717, 1.165) is 0 Å². The summed E-state index contributed by atoms with van der Waals surface area (Å²) in [6, 6.07) is 16.6. The smallest absolute Gasteiger partial charge is 0.338 e. The van der Waals surface area contributed by atoms with Crippen LogP contribution in [0.25, 0.3) is 11.2 Å². The van der Waals surface area contributed by atoms with Crippen molar-refractivity contribution in [1.82, 2.24) is 19.5 Å². The van der Waals surface area contributed by atoms with Crippen LogP contribution in [0.15, 0.2) is 67.0 Å². The molecule has 0 amide bonds. The lowest BCUT2D eigenvalue weighted by molar-refractivity contribution is -0.156. The average Bonchev–Trinajstić information content (AvgIpc) is 3.49. The standard InChI is InChI=1S/C26H22ClN5O7/c1-14(33)37-20-19(39-25(35)16-10-6-3-7-11-16)17(12-36-24(34)15-8-4-2-5-9-15)38-23(20)32-13-29-18-21(28)30-26(27)31-22(18)32/h2-11,13,17,19-20,23H,12H2,1H3,(H2,28,30,31)/t17-,19-,20+,23-/m1/s1. The van der Waals surface area contributed by atoms with Crippen LogP contribution in [0, 0.1) is 0 Å². The normalized spacial score (nSPS) is 20.5. The van der Waals surface area contributed by atoms with Crippen molar-refractivity contribution in [3.8, 4) is 0 Å². The number of carbonyl (C=O) groups excluding carboxylic acids is 3. The van der Waals surface area contributed by atoms with E-state index in [1.165, 1.54) is 17.8 Å². The van der Waals surface area contributed by atoms with Gasteiger partial charge in [0.25, 0.3) is 0 Å². The Labute approximate surface area is 226 Å². The van der Waals surface area contributed by atoms with Gasteiger partial charge in [0.1, 0.15) is 18.2 Å². The topological polar surface area (TPSA) is 158 Å². The second kappa shape index (κ2) is 11.1. The third-order valence-corrected chi connectivity index (χ3v) is 6.09. The molecule has 5 rings (SSSR count). The van der Waals surface area contributed by atoms with Crippen molar-refractivity contribution in [2.45, 2.75) is 31.5 Å². The van der Waals surface area contributed by atoms with E-state index in [4.69, 9.17) is 36.3 Å². The van der Waals surface area contributed by atoms with Crippen LogP contribution >= 0.6 is 11.6 Å². The van der Waals surface area contributed by atoms with Gasteiger partial charge in [-0.1, -0.05) is 36.4 Å². The lowest BCUT2D eigenvalue weighted by Gasteiger charge is -2.24. The number of benzene rings is 2. The zero-order valence-electron chi connectivity index (χ0n) is 20.5. The monoisotopic (exact) mass is 551 g/mol. The van der Waals surface area contributed by atoms with Gasteiger partial charge in [-0.25, -0.2) is 14.6 Å². The summed E-state index contributed by atoms with van der Waals surface area (Å²) in [5.41, 5.74) is 6.97. The molecule has 2 aromatic heterocycles. The fourth-order valence-corrected chi connectivity index (χ4v) is 4.37. The molecule has 1 fully saturated rings. The number of halogens is 1. The van der Waals surface area contributed by atoms with E-state index in [9.17, 15) is 14.4 Å². The first-order valence-electron chi connectivity index (χ1n) is 11.8. The molecule has 3 heterocycles. The number of fused-ring (bicyclic) bond motifs is 1. The first kappa shape index (κ1) is 26.1. The SMILES string of the molecule is CC(=O)O[C@H]1[C@H](OC(=O)c2ccccc2)[C@@H](COC(=O)c2ccccc2)O[C@H]1n1cnc2c(N)nc(Cl)nc21. The Kier molecular flexibility index (Phi) is 7.39. The number of nitrogens with two attached hydrogens (primary N) is 1. The largest absolute Gasteiger partial charge is 0.459 e. The van der Waals surface area contributed by atoms with Gasteiger partial charge in [-0.3, -0.25) is 9.36 Å². The minimum absolute atomic E-state index is 0.0335. The van der Waals surface area contributed by atoms with E-state index in [-0.39, 0.29) is 34.4 Å². The molecule has 0 saturated carbocycles. The summed E-state index contributed by atoms with van der Waals surface area (Å²) in [4.78, 5) is 50.1. The summed E-state index contributed by atoms with van der Waals surface area (Å²) in [7, 11) is 0. The predicted molar refractivity (Wildman–Crippen MR) is 137 cm³/mol. The molecule has 1 aliphatic rings. The van der Waals surface area contributed by atoms with Crippen LogP contribution in [0.5, 0.6) is 0 Å². The van der Waals surface area contributed by atoms with Gasteiger partial charge in [0, 0.05) is 6.92 Å². The number of nitrogen functional groups attached to an aromatic ring is 1. The molecule has 0 radical (unpaired) electrons. The summed E-state index contributed by atoms with van der Waals surface area (Å²) in [5.74, 6) is -1.93. The summed E-state index contributed by atoms with van der Waals surface area (Å²) in [6.45, 7) is 0.887. The third-order valence-electron chi connectivity index (χ3n) is 5.92. The molecule has 2 aromatic carbocycles. The molecule has 13 heteroatoms. The van der Waals surface area contributed by atoms with Gasteiger partial charge in [-0.15, -0.1) is 0 Å². The summed E-state index contributed by atoms with van der Waals surface area (Å²) < 4.78 is 24.5. The summed E-state index contributed by atoms with van der Waals surface area (Å²) in [6.07, 6.45) is -3.13. The van der Waals surface area contributed by atoms with Crippen LogP contribution in [0.1, 0.15) is 33.9 Å². The van der Waals surface area contributed by atoms with Gasteiger partial charge in [0.15, 0.2) is 29.9 Å². The van der Waals surface area contributed by atoms with Crippen molar-refractivity contribution >= 4 is 46.5 Å². The first-order chi connectivity index (χ1) is 18.8. The van der Waals surface area contributed by atoms with Gasteiger partial charge >= 0.3 is 17.9 Å². The molecule has 39 heavy (non-hydrogen) atoms. The van der Waals surface area contributed by atoms with E-state index in [1.54, 1.807) is 60.7 Å². The molecule has 1 saturated heterocycles. The number of esters is 3. The highest BCUT2D eigenvalue weighted by Crippen LogP contribution is 2.37. The molecule has 200 valence electrons. The number of rotatable bonds is 7. The number of hydrogen-bond acceptors (Lipinski definition) is 11. The molecule has 1 aliphatic heterocycles. The van der Waals surface area contributed by atoms with Gasteiger partial charge in [0.2, 0.25) is 5.28 Å². The highest BCUT2D eigenvalue weighted by Gasteiger charge is 2.51. The van der Waals surface area contributed by atoms with E-state index in [1.807, 2.05) is 0 Å². The van der Waals surface area contributed by atoms with Gasteiger partial charge < -0.3 is 24.7 Å². The molecule has 4 atom stereocenters. The van der Waals surface area contributed by atoms with Crippen LogP contribution in [0.3, 0.4) is 0 Å². The van der Waals surface area contributed by atoms with Gasteiger partial charge in [0.05, 0.1) is 17.5 Å². The third kappa shape index (κ3) is 5.52. The zero-order valence-corrected chi connectivity index (χ0v) is 21.2. The van der Waals surface area contributed by atoms with Crippen LogP contribution in [0.4, 0.5) is 5.82 Å². The number of aromatic nitrogens is 4. The van der Waals surface area contributed by atoms with E-state index >= 15 is 0 Å². The maximum absolute atomic E-state index is 13.0. The molecule has 0 unspecified atom stereocenters. The number of anilines is 1. The van der Waals surface area contributed by atoms with Gasteiger partial charge in [-0.05, 0) is 35.9 Å². The molecule has 0 bridgehead atoms. The van der Waals surface area contributed by atoms with E-state index in [2.05, 4.69) is 15.0 Å². The fourth-order valence-electron chi connectivity index (χ4n) is 4.20. The second-order valence-electron chi connectivity index (χ2n) is 8.54. The van der Waals surface area contributed by atoms with Crippen LogP contribution < -0.4 is 5.73 Å². The Bertz CT molecular complexity index is 1520. The van der Waals surface area contributed by atoms with Crippen molar-refractivity contribution in [2.75, 3.05) is 12.3 Å². The minimum Gasteiger partial charge on any atom is -0.459 e. The highest BCUT2D eigenvalue weighted by atomic mass is 35.5. The molecule has 0 spiro atoms. The van der Waals surface area contributed by atoms with Crippen molar-refractivity contribution in [1.29, 1.82) is 0 Å². The van der Waals surface area contributed by atoms with Crippen molar-refractivity contribution in [3.63, 3.8) is 0 Å². The fraction of sp³-hybridized carbons (Fsp3) is 0.231. The van der Waals surface area contributed by atoms with E-state index in [0.29, 0.717) is 5.56 Å². The van der Waals surface area contributed by atoms with Crippen LogP contribution in [-0.2, 0) is 23.7 Å². The number of ether oxygens (including phenoxy) is 4. The maximum atomic E-state index is 13.0. The van der Waals surface area contributed by atoms with Crippen molar-refractivity contribution in [3.05, 3.63) is 83.4 Å². The number of carbonyl (C=O) groups is 3. The molecule has 4 aromatic rings. The zero-order chi connectivity index (χ0) is 27.5. The highest BCUT2D eigenvalue weighted by molar-refractivity contribution is 6.28. The average molecular weight is 552 g/mol. The summed E-state index contributed by atoms with van der Waals surface area (Å²) >= 11 is 6.02. The quantitative estimate of drug-likeness (QED) is 0.204. The Morgan fingerprint density at radius 2 is 1.59 bits per heavy atom. The number of nitrogens with zero attached hydrogens (tertiary/aromatic N) is 4. The summed E-state index contributed by atoms with van der Waals surface area (Å²) in [5, 5.41) is -0.135. The Morgan fingerprint density at radius 3 is 2.23 bits per heavy atom. The number of imidazole rings is 1. The lowest BCUT2D eigenvalue weighted by atomic mass is 10.1. The maximum Gasteiger partial charge on any atom is 0.338 e. The predicted octanol–water partition coefficient (Wildman–Crippen LogP) is 2.97. The lowest BCUT2D eigenvalue weighted by Crippen LogP contribution is -2.41. The Morgan fingerprint density at radius 1 is 0.949 bits per heavy atom.